The molecule has 1 aliphatic rings. The summed E-state index contributed by atoms with van der Waals surface area (Å²) in [5, 5.41) is 18.0. The van der Waals surface area contributed by atoms with Gasteiger partial charge >= 0.3 is 12.0 Å². The summed E-state index contributed by atoms with van der Waals surface area (Å²) in [7, 11) is 0. The van der Waals surface area contributed by atoms with Crippen LogP contribution < -0.4 is 5.32 Å². The Balaban J connectivity index is 1.97. The zero-order valence-electron chi connectivity index (χ0n) is 9.66. The van der Waals surface area contributed by atoms with Crippen LogP contribution in [0.1, 0.15) is 18.8 Å². The van der Waals surface area contributed by atoms with Crippen molar-refractivity contribution in [2.45, 2.75) is 19.0 Å². The first kappa shape index (κ1) is 12.7. The Morgan fingerprint density at radius 3 is 3.11 bits per heavy atom. The minimum atomic E-state index is -0.984. The van der Waals surface area contributed by atoms with Crippen molar-refractivity contribution in [3.63, 3.8) is 0 Å². The third kappa shape index (κ3) is 2.55. The van der Waals surface area contributed by atoms with Crippen LogP contribution in [0.5, 0.6) is 0 Å². The van der Waals surface area contributed by atoms with Gasteiger partial charge in [0.25, 0.3) is 0 Å². The van der Waals surface area contributed by atoms with Crippen LogP contribution in [0.3, 0.4) is 0 Å². The van der Waals surface area contributed by atoms with Gasteiger partial charge in [-0.15, -0.1) is 11.8 Å². The molecule has 2 rings (SSSR count). The van der Waals surface area contributed by atoms with E-state index in [4.69, 9.17) is 5.11 Å². The Morgan fingerprint density at radius 1 is 1.72 bits per heavy atom. The summed E-state index contributed by atoms with van der Waals surface area (Å²) >= 11 is 1.42. The molecule has 98 valence electrons. The number of carboxylic acids is 1. The maximum atomic E-state index is 11.9. The van der Waals surface area contributed by atoms with Gasteiger partial charge < -0.3 is 15.3 Å². The van der Waals surface area contributed by atoms with Crippen LogP contribution in [0, 0.1) is 0 Å². The first-order chi connectivity index (χ1) is 8.59. The van der Waals surface area contributed by atoms with E-state index in [-0.39, 0.29) is 6.04 Å². The van der Waals surface area contributed by atoms with Crippen molar-refractivity contribution in [3.05, 3.63) is 12.2 Å². The minimum absolute atomic E-state index is 0.347. The molecule has 0 saturated carbocycles. The second-order valence-corrected chi connectivity index (χ2v) is 4.87. The third-order valence-corrected chi connectivity index (χ3v) is 3.62. The number of thioether (sulfide) groups is 1. The number of rotatable bonds is 3. The lowest BCUT2D eigenvalue weighted by atomic mass is 10.3. The Hall–Kier alpha value is -1.77. The van der Waals surface area contributed by atoms with Gasteiger partial charge in [-0.05, 0) is 6.92 Å². The molecule has 0 aliphatic carbocycles. The van der Waals surface area contributed by atoms with Gasteiger partial charge in [0, 0.05) is 5.75 Å². The minimum Gasteiger partial charge on any atom is -0.480 e. The van der Waals surface area contributed by atoms with Crippen molar-refractivity contribution in [2.75, 3.05) is 11.6 Å². The topological polar surface area (TPSA) is 111 Å². The lowest BCUT2D eigenvalue weighted by Gasteiger charge is -2.22. The first-order valence-corrected chi connectivity index (χ1v) is 6.48. The number of aromatic nitrogens is 3. The number of carboxylic acid groups (broad SMARTS) is 1. The lowest BCUT2D eigenvalue weighted by molar-refractivity contribution is -0.140. The maximum Gasteiger partial charge on any atom is 0.327 e. The number of H-pyrrole nitrogens is 1. The van der Waals surface area contributed by atoms with Crippen molar-refractivity contribution >= 4 is 23.8 Å². The highest BCUT2D eigenvalue weighted by Crippen LogP contribution is 2.21. The molecule has 1 aromatic heterocycles. The van der Waals surface area contributed by atoms with Crippen molar-refractivity contribution in [2.24, 2.45) is 0 Å². The first-order valence-electron chi connectivity index (χ1n) is 5.32. The molecule has 1 unspecified atom stereocenters. The predicted octanol–water partition coefficient (Wildman–Crippen LogP) is 0.0348. The molecule has 9 heteroatoms. The summed E-state index contributed by atoms with van der Waals surface area (Å²) in [5.74, 6) is 0.343. The number of aliphatic carboxylic acids is 1. The van der Waals surface area contributed by atoms with E-state index in [2.05, 4.69) is 20.5 Å². The average molecular weight is 271 g/mol. The lowest BCUT2D eigenvalue weighted by Crippen LogP contribution is -2.47. The number of aromatic amines is 1. The number of nitrogens with zero attached hydrogens (tertiary/aromatic N) is 3. The number of hydrogen-bond donors (Lipinski definition) is 3. The summed E-state index contributed by atoms with van der Waals surface area (Å²) in [6, 6.07) is -1.52. The fourth-order valence-electron chi connectivity index (χ4n) is 1.61. The molecule has 0 radical (unpaired) electrons. The highest BCUT2D eigenvalue weighted by Gasteiger charge is 2.35. The number of urea groups is 1. The normalized spacial score (nSPS) is 20.7. The van der Waals surface area contributed by atoms with E-state index >= 15 is 0 Å². The van der Waals surface area contributed by atoms with Crippen molar-refractivity contribution in [3.8, 4) is 0 Å². The number of nitrogens with one attached hydrogen (secondary N) is 2. The molecule has 1 aliphatic heterocycles. The fourth-order valence-corrected chi connectivity index (χ4v) is 2.75. The molecule has 2 heterocycles. The molecule has 8 nitrogen and oxygen atoms in total. The van der Waals surface area contributed by atoms with Crippen LogP contribution in [0.15, 0.2) is 6.33 Å². The Morgan fingerprint density at radius 2 is 2.50 bits per heavy atom. The number of carbonyl (C=O) groups is 2. The molecular weight excluding hydrogens is 258 g/mol. The second-order valence-electron chi connectivity index (χ2n) is 3.87. The van der Waals surface area contributed by atoms with Crippen LogP contribution in [-0.4, -0.2) is 54.9 Å². The predicted molar refractivity (Wildman–Crippen MR) is 63.9 cm³/mol. The SMILES string of the molecule is CC(NC(=O)N1CSC[C@H]1C(=O)O)c1ncn[nH]1. The molecular formula is C9H13N5O3S. The van der Waals surface area contributed by atoms with E-state index in [1.807, 2.05) is 0 Å². The second kappa shape index (κ2) is 5.25. The molecule has 1 fully saturated rings. The molecule has 18 heavy (non-hydrogen) atoms. The van der Waals surface area contributed by atoms with Gasteiger partial charge in [0.2, 0.25) is 0 Å². The fraction of sp³-hybridized carbons (Fsp3) is 0.556. The molecule has 1 aromatic rings. The number of hydrogen-bond acceptors (Lipinski definition) is 5. The maximum absolute atomic E-state index is 11.9. The highest BCUT2D eigenvalue weighted by molar-refractivity contribution is 7.99. The summed E-state index contributed by atoms with van der Waals surface area (Å²) in [4.78, 5) is 28.1. The summed E-state index contributed by atoms with van der Waals surface area (Å²) in [6.45, 7) is 1.75. The summed E-state index contributed by atoms with van der Waals surface area (Å²) in [5.41, 5.74) is 0. The van der Waals surface area contributed by atoms with E-state index in [9.17, 15) is 9.59 Å². The summed E-state index contributed by atoms with van der Waals surface area (Å²) in [6.07, 6.45) is 1.35. The molecule has 1 saturated heterocycles. The molecule has 0 spiro atoms. The molecule has 0 aromatic carbocycles. The van der Waals surface area contributed by atoms with Crippen LogP contribution in [0.25, 0.3) is 0 Å². The standard InChI is InChI=1S/C9H13N5O3S/c1-5(7-10-3-11-13-7)12-9(17)14-4-18-2-6(14)8(15)16/h3,5-6H,2,4H2,1H3,(H,12,17)(H,15,16)(H,10,11,13)/t5?,6-/m0/s1. The molecule has 3 N–H and O–H groups in total. The van der Waals surface area contributed by atoms with E-state index < -0.39 is 18.0 Å². The van der Waals surface area contributed by atoms with Gasteiger partial charge in [0.15, 0.2) is 0 Å². The van der Waals surface area contributed by atoms with Gasteiger partial charge in [0.1, 0.15) is 18.2 Å². The van der Waals surface area contributed by atoms with Crippen LogP contribution >= 0.6 is 11.8 Å². The third-order valence-electron chi connectivity index (χ3n) is 2.61. The average Bonchev–Trinajstić information content (AvgIpc) is 3.00. The van der Waals surface area contributed by atoms with Crippen LogP contribution in [0.4, 0.5) is 4.79 Å². The van der Waals surface area contributed by atoms with Crippen molar-refractivity contribution < 1.29 is 14.7 Å². The van der Waals surface area contributed by atoms with Crippen LogP contribution in [-0.2, 0) is 4.79 Å². The molecule has 2 atom stereocenters. The van der Waals surface area contributed by atoms with Gasteiger partial charge in [-0.3, -0.25) is 5.10 Å². The smallest absolute Gasteiger partial charge is 0.327 e. The van der Waals surface area contributed by atoms with E-state index in [0.29, 0.717) is 17.5 Å². The number of amides is 2. The highest BCUT2D eigenvalue weighted by atomic mass is 32.2. The number of carbonyl (C=O) groups excluding carboxylic acids is 1. The van der Waals surface area contributed by atoms with Gasteiger partial charge in [-0.1, -0.05) is 0 Å². The van der Waals surface area contributed by atoms with Gasteiger partial charge in [0.05, 0.1) is 11.9 Å². The Labute approximate surface area is 107 Å². The van der Waals surface area contributed by atoms with Gasteiger partial charge in [-0.25, -0.2) is 14.6 Å². The quantitative estimate of drug-likeness (QED) is 0.715. The van der Waals surface area contributed by atoms with E-state index in [1.165, 1.54) is 23.0 Å². The van der Waals surface area contributed by atoms with Crippen LogP contribution in [0.2, 0.25) is 0 Å². The van der Waals surface area contributed by atoms with Crippen molar-refractivity contribution in [1.29, 1.82) is 0 Å². The van der Waals surface area contributed by atoms with E-state index in [0.717, 1.165) is 0 Å². The largest absolute Gasteiger partial charge is 0.480 e. The molecule has 0 bridgehead atoms. The zero-order chi connectivity index (χ0) is 13.1. The Kier molecular flexibility index (Phi) is 3.70. The summed E-state index contributed by atoms with van der Waals surface area (Å²) < 4.78 is 0. The zero-order valence-corrected chi connectivity index (χ0v) is 10.5. The Bertz CT molecular complexity index is 437. The monoisotopic (exact) mass is 271 g/mol. The van der Waals surface area contributed by atoms with Crippen molar-refractivity contribution in [1.82, 2.24) is 25.4 Å². The van der Waals surface area contributed by atoms with E-state index in [1.54, 1.807) is 6.92 Å². The molecule has 2 amide bonds. The van der Waals surface area contributed by atoms with Gasteiger partial charge in [-0.2, -0.15) is 5.10 Å².